The van der Waals surface area contributed by atoms with Crippen LogP contribution in [0.25, 0.3) is 0 Å². The molecular formula is C14H20N2O3. The molecule has 0 aliphatic heterocycles. The highest BCUT2D eigenvalue weighted by molar-refractivity contribution is 5.97. The Kier molecular flexibility index (Phi) is 4.27. The second-order valence-corrected chi connectivity index (χ2v) is 4.74. The largest absolute Gasteiger partial charge is 0.496 e. The minimum Gasteiger partial charge on any atom is -0.496 e. The van der Waals surface area contributed by atoms with Crippen LogP contribution in [0.5, 0.6) is 5.75 Å². The van der Waals surface area contributed by atoms with E-state index in [0.717, 1.165) is 19.3 Å². The first-order chi connectivity index (χ1) is 9.15. The number of hydrogen-bond acceptors (Lipinski definition) is 4. The number of nitrogens with one attached hydrogen (secondary N) is 1. The standard InChI is InChI=1S/C14H20N2O3/c1-18-12-5-3-4-11(12)16-14(17)10-7-6-9(15)8-13(10)19-2/h6-8,11-12H,3-5,15H2,1-2H3,(H,16,17). The van der Waals surface area contributed by atoms with E-state index < -0.39 is 0 Å². The number of nitrogen functional groups attached to an aromatic ring is 1. The first kappa shape index (κ1) is 13.7. The van der Waals surface area contributed by atoms with Gasteiger partial charge in [-0.05, 0) is 31.4 Å². The third kappa shape index (κ3) is 2.98. The van der Waals surface area contributed by atoms with Gasteiger partial charge in [-0.2, -0.15) is 0 Å². The molecular weight excluding hydrogens is 244 g/mol. The van der Waals surface area contributed by atoms with Crippen molar-refractivity contribution in [2.24, 2.45) is 0 Å². The van der Waals surface area contributed by atoms with Gasteiger partial charge >= 0.3 is 0 Å². The summed E-state index contributed by atoms with van der Waals surface area (Å²) in [7, 11) is 3.21. The van der Waals surface area contributed by atoms with Crippen LogP contribution in [-0.2, 0) is 4.74 Å². The number of nitrogens with two attached hydrogens (primary N) is 1. The zero-order valence-corrected chi connectivity index (χ0v) is 11.3. The summed E-state index contributed by atoms with van der Waals surface area (Å²) in [6, 6.07) is 5.09. The number of benzene rings is 1. The fourth-order valence-electron chi connectivity index (χ4n) is 2.51. The Labute approximate surface area is 113 Å². The Morgan fingerprint density at radius 3 is 2.84 bits per heavy atom. The first-order valence-corrected chi connectivity index (χ1v) is 6.43. The van der Waals surface area contributed by atoms with Crippen molar-refractivity contribution < 1.29 is 14.3 Å². The lowest BCUT2D eigenvalue weighted by Crippen LogP contribution is -2.40. The molecule has 0 spiro atoms. The number of rotatable bonds is 4. The number of hydrogen-bond donors (Lipinski definition) is 2. The Bertz CT molecular complexity index is 462. The van der Waals surface area contributed by atoms with Crippen LogP contribution in [-0.4, -0.2) is 32.3 Å². The maximum absolute atomic E-state index is 12.3. The Balaban J connectivity index is 2.11. The number of methoxy groups -OCH3 is 2. The second kappa shape index (κ2) is 5.93. The summed E-state index contributed by atoms with van der Waals surface area (Å²) in [5.41, 5.74) is 6.75. The monoisotopic (exact) mass is 264 g/mol. The second-order valence-electron chi connectivity index (χ2n) is 4.74. The van der Waals surface area contributed by atoms with Gasteiger partial charge in [0.15, 0.2) is 0 Å². The van der Waals surface area contributed by atoms with E-state index in [0.29, 0.717) is 17.0 Å². The van der Waals surface area contributed by atoms with Gasteiger partial charge in [-0.25, -0.2) is 0 Å². The van der Waals surface area contributed by atoms with Crippen molar-refractivity contribution in [2.75, 3.05) is 20.0 Å². The summed E-state index contributed by atoms with van der Waals surface area (Å²) in [5.74, 6) is 0.343. The third-order valence-corrected chi connectivity index (χ3v) is 3.54. The van der Waals surface area contributed by atoms with Gasteiger partial charge in [0.05, 0.1) is 24.8 Å². The molecule has 1 aromatic rings. The lowest BCUT2D eigenvalue weighted by Gasteiger charge is -2.20. The molecule has 0 aromatic heterocycles. The van der Waals surface area contributed by atoms with Crippen molar-refractivity contribution in [3.63, 3.8) is 0 Å². The predicted octanol–water partition coefficient (Wildman–Crippen LogP) is 1.57. The zero-order chi connectivity index (χ0) is 13.8. The van der Waals surface area contributed by atoms with E-state index in [1.165, 1.54) is 7.11 Å². The highest BCUT2D eigenvalue weighted by Gasteiger charge is 2.29. The number of anilines is 1. The molecule has 0 saturated heterocycles. The smallest absolute Gasteiger partial charge is 0.255 e. The van der Waals surface area contributed by atoms with Crippen LogP contribution in [0.4, 0.5) is 5.69 Å². The van der Waals surface area contributed by atoms with Crippen molar-refractivity contribution in [2.45, 2.75) is 31.4 Å². The molecule has 1 fully saturated rings. The predicted molar refractivity (Wildman–Crippen MR) is 73.3 cm³/mol. The molecule has 0 bridgehead atoms. The van der Waals surface area contributed by atoms with Gasteiger partial charge < -0.3 is 20.5 Å². The van der Waals surface area contributed by atoms with Gasteiger partial charge in [0.2, 0.25) is 0 Å². The lowest BCUT2D eigenvalue weighted by atomic mass is 10.1. The third-order valence-electron chi connectivity index (χ3n) is 3.54. The van der Waals surface area contributed by atoms with Crippen molar-refractivity contribution in [3.8, 4) is 5.75 Å². The maximum Gasteiger partial charge on any atom is 0.255 e. The molecule has 3 N–H and O–H groups in total. The van der Waals surface area contributed by atoms with Gasteiger partial charge in [0, 0.05) is 18.9 Å². The molecule has 1 aliphatic rings. The lowest BCUT2D eigenvalue weighted by molar-refractivity contribution is 0.0720. The van der Waals surface area contributed by atoms with Crippen LogP contribution < -0.4 is 15.8 Å². The van der Waals surface area contributed by atoms with Crippen molar-refractivity contribution >= 4 is 11.6 Å². The van der Waals surface area contributed by atoms with E-state index in [9.17, 15) is 4.79 Å². The average Bonchev–Trinajstić information content (AvgIpc) is 2.85. The van der Waals surface area contributed by atoms with Gasteiger partial charge in [-0.15, -0.1) is 0 Å². The van der Waals surface area contributed by atoms with Crippen molar-refractivity contribution in [1.82, 2.24) is 5.32 Å². The Morgan fingerprint density at radius 1 is 1.37 bits per heavy atom. The fourth-order valence-corrected chi connectivity index (χ4v) is 2.51. The Morgan fingerprint density at radius 2 is 2.16 bits per heavy atom. The summed E-state index contributed by atoms with van der Waals surface area (Å²) in [4.78, 5) is 12.3. The molecule has 2 atom stereocenters. The molecule has 104 valence electrons. The molecule has 1 amide bonds. The normalized spacial score (nSPS) is 22.2. The van der Waals surface area contributed by atoms with E-state index in [4.69, 9.17) is 15.2 Å². The van der Waals surface area contributed by atoms with Crippen LogP contribution in [0.3, 0.4) is 0 Å². The molecule has 2 rings (SSSR count). The molecule has 5 heteroatoms. The van der Waals surface area contributed by atoms with Crippen LogP contribution in [0, 0.1) is 0 Å². The molecule has 1 aromatic carbocycles. The van der Waals surface area contributed by atoms with Crippen LogP contribution in [0.15, 0.2) is 18.2 Å². The Hall–Kier alpha value is -1.75. The van der Waals surface area contributed by atoms with Gasteiger partial charge in [0.1, 0.15) is 5.75 Å². The average molecular weight is 264 g/mol. The van der Waals surface area contributed by atoms with Gasteiger partial charge in [-0.3, -0.25) is 4.79 Å². The first-order valence-electron chi connectivity index (χ1n) is 6.43. The number of carbonyl (C=O) groups excluding carboxylic acids is 1. The molecule has 0 heterocycles. The molecule has 1 aliphatic carbocycles. The summed E-state index contributed by atoms with van der Waals surface area (Å²) in [6.07, 6.45) is 3.10. The quantitative estimate of drug-likeness (QED) is 0.810. The highest BCUT2D eigenvalue weighted by Crippen LogP contribution is 2.24. The summed E-state index contributed by atoms with van der Waals surface area (Å²) >= 11 is 0. The molecule has 1 saturated carbocycles. The highest BCUT2D eigenvalue weighted by atomic mass is 16.5. The number of ether oxygens (including phenoxy) is 2. The van der Waals surface area contributed by atoms with Crippen LogP contribution in [0.1, 0.15) is 29.6 Å². The SMILES string of the molecule is COc1cc(N)ccc1C(=O)NC1CCCC1OC. The summed E-state index contributed by atoms with van der Waals surface area (Å²) in [6.45, 7) is 0. The van der Waals surface area contributed by atoms with E-state index >= 15 is 0 Å². The number of carbonyl (C=O) groups is 1. The van der Waals surface area contributed by atoms with E-state index in [1.807, 2.05) is 0 Å². The number of amides is 1. The maximum atomic E-state index is 12.3. The van der Waals surface area contributed by atoms with Gasteiger partial charge in [0.25, 0.3) is 5.91 Å². The minimum absolute atomic E-state index is 0.0692. The topological polar surface area (TPSA) is 73.6 Å². The van der Waals surface area contributed by atoms with Crippen molar-refractivity contribution in [1.29, 1.82) is 0 Å². The van der Waals surface area contributed by atoms with Crippen LogP contribution in [0.2, 0.25) is 0 Å². The molecule has 5 nitrogen and oxygen atoms in total. The molecule has 0 radical (unpaired) electrons. The van der Waals surface area contributed by atoms with Crippen molar-refractivity contribution in [3.05, 3.63) is 23.8 Å². The van der Waals surface area contributed by atoms with Gasteiger partial charge in [-0.1, -0.05) is 0 Å². The van der Waals surface area contributed by atoms with Crippen LogP contribution >= 0.6 is 0 Å². The fraction of sp³-hybridized carbons (Fsp3) is 0.500. The molecule has 19 heavy (non-hydrogen) atoms. The molecule has 2 unspecified atom stereocenters. The summed E-state index contributed by atoms with van der Waals surface area (Å²) in [5, 5.41) is 3.01. The van der Waals surface area contributed by atoms with E-state index in [-0.39, 0.29) is 18.1 Å². The van der Waals surface area contributed by atoms with E-state index in [2.05, 4.69) is 5.32 Å². The zero-order valence-electron chi connectivity index (χ0n) is 11.3. The van der Waals surface area contributed by atoms with E-state index in [1.54, 1.807) is 25.3 Å². The summed E-state index contributed by atoms with van der Waals surface area (Å²) < 4.78 is 10.6. The minimum atomic E-state index is -0.147.